The number of hydrogen-bond donors (Lipinski definition) is 1. The number of hydrogen-bond acceptors (Lipinski definition) is 6. The highest BCUT2D eigenvalue weighted by atomic mass is 35.5. The third-order valence-corrected chi connectivity index (χ3v) is 7.29. The fourth-order valence-electron chi connectivity index (χ4n) is 4.96. The molecule has 1 aliphatic heterocycles. The van der Waals surface area contributed by atoms with E-state index in [-0.39, 0.29) is 23.8 Å². The number of benzene rings is 1. The molecule has 2 atom stereocenters. The summed E-state index contributed by atoms with van der Waals surface area (Å²) in [7, 11) is 1.30. The second-order valence-corrected chi connectivity index (χ2v) is 9.85. The molecule has 4 rings (SSSR count). The lowest BCUT2D eigenvalue weighted by Gasteiger charge is -2.33. The zero-order valence-electron chi connectivity index (χ0n) is 20.4. The highest BCUT2D eigenvalue weighted by Gasteiger charge is 2.34. The normalized spacial score (nSPS) is 20.5. The Hall–Kier alpha value is -3.01. The number of halogens is 4. The number of carbonyl (C=O) groups is 2. The number of ether oxygens (including phenoxy) is 2. The Labute approximate surface area is 218 Å². The van der Waals surface area contributed by atoms with Gasteiger partial charge in [0.2, 0.25) is 5.91 Å². The molecule has 0 radical (unpaired) electrons. The quantitative estimate of drug-likeness (QED) is 0.492. The van der Waals surface area contributed by atoms with Crippen molar-refractivity contribution in [3.05, 3.63) is 52.8 Å². The zero-order chi connectivity index (χ0) is 26.6. The molecule has 2 fully saturated rings. The predicted octanol–water partition coefficient (Wildman–Crippen LogP) is 5.12. The van der Waals surface area contributed by atoms with E-state index in [1.54, 1.807) is 18.2 Å². The summed E-state index contributed by atoms with van der Waals surface area (Å²) in [5, 5.41) is 3.62. The summed E-state index contributed by atoms with van der Waals surface area (Å²) < 4.78 is 49.0. The van der Waals surface area contributed by atoms with Crippen LogP contribution in [-0.2, 0) is 15.7 Å². The second kappa shape index (κ2) is 11.6. The Morgan fingerprint density at radius 3 is 2.54 bits per heavy atom. The van der Waals surface area contributed by atoms with Crippen LogP contribution in [0.1, 0.15) is 48.2 Å². The molecule has 11 heteroatoms. The highest BCUT2D eigenvalue weighted by molar-refractivity contribution is 6.30. The van der Waals surface area contributed by atoms with Gasteiger partial charge in [0.1, 0.15) is 17.0 Å². The maximum absolute atomic E-state index is 13.0. The Morgan fingerprint density at radius 1 is 1.14 bits per heavy atom. The van der Waals surface area contributed by atoms with Crippen molar-refractivity contribution >= 4 is 29.2 Å². The first kappa shape index (κ1) is 27.0. The van der Waals surface area contributed by atoms with E-state index in [0.717, 1.165) is 25.3 Å². The third-order valence-electron chi connectivity index (χ3n) is 7.06. The molecular weight excluding hydrogens is 511 g/mol. The third kappa shape index (κ3) is 6.66. The molecule has 0 spiro atoms. The van der Waals surface area contributed by atoms with Gasteiger partial charge < -0.3 is 19.7 Å². The molecule has 7 nitrogen and oxygen atoms in total. The van der Waals surface area contributed by atoms with Crippen LogP contribution in [0.25, 0.3) is 0 Å². The molecule has 200 valence electrons. The van der Waals surface area contributed by atoms with Gasteiger partial charge in [-0.1, -0.05) is 18.0 Å². The molecular formula is C26H29ClF3N3O4. The van der Waals surface area contributed by atoms with Crippen molar-refractivity contribution in [1.29, 1.82) is 0 Å². The number of alkyl halides is 3. The topological polar surface area (TPSA) is 80.8 Å². The largest absolute Gasteiger partial charge is 0.492 e. The van der Waals surface area contributed by atoms with Gasteiger partial charge in [-0.3, -0.25) is 4.79 Å². The Balaban J connectivity index is 1.29. The number of methoxy groups -OCH3 is 1. The van der Waals surface area contributed by atoms with Gasteiger partial charge in [0.25, 0.3) is 0 Å². The second-order valence-electron chi connectivity index (χ2n) is 9.41. The maximum atomic E-state index is 13.0. The molecule has 1 N–H and O–H groups in total. The number of nitrogens with zero attached hydrogens (tertiary/aromatic N) is 2. The zero-order valence-corrected chi connectivity index (χ0v) is 21.1. The number of aromatic nitrogens is 1. The number of anilines is 1. The maximum Gasteiger partial charge on any atom is 0.433 e. The van der Waals surface area contributed by atoms with Crippen molar-refractivity contribution in [2.75, 3.05) is 31.7 Å². The van der Waals surface area contributed by atoms with Crippen LogP contribution in [0, 0.1) is 11.8 Å². The molecule has 1 amide bonds. The van der Waals surface area contributed by atoms with E-state index in [9.17, 15) is 22.8 Å². The molecule has 1 saturated heterocycles. The summed E-state index contributed by atoms with van der Waals surface area (Å²) in [4.78, 5) is 30.5. The van der Waals surface area contributed by atoms with Crippen molar-refractivity contribution in [3.8, 4) is 5.75 Å². The van der Waals surface area contributed by atoms with Gasteiger partial charge in [0.15, 0.2) is 0 Å². The van der Waals surface area contributed by atoms with E-state index in [1.165, 1.54) is 19.4 Å². The highest BCUT2D eigenvalue weighted by Crippen LogP contribution is 2.32. The van der Waals surface area contributed by atoms with Crippen LogP contribution in [0.4, 0.5) is 18.9 Å². The van der Waals surface area contributed by atoms with E-state index >= 15 is 0 Å². The summed E-state index contributed by atoms with van der Waals surface area (Å²) in [6, 6.07) is 7.10. The van der Waals surface area contributed by atoms with E-state index in [0.29, 0.717) is 54.6 Å². The summed E-state index contributed by atoms with van der Waals surface area (Å²) in [6.07, 6.45) is 0.658. The van der Waals surface area contributed by atoms with Crippen LogP contribution >= 0.6 is 11.6 Å². The van der Waals surface area contributed by atoms with E-state index in [4.69, 9.17) is 21.1 Å². The SMILES string of the molecule is COC(=O)c1ccc(Cl)cc1OC[C@@H]1CCC[C@@H]1NC(=O)C1CCN(c2ccc(C(F)(F)F)nc2)CC1. The van der Waals surface area contributed by atoms with Crippen LogP contribution in [0.2, 0.25) is 5.02 Å². The minimum atomic E-state index is -4.47. The minimum absolute atomic E-state index is 0.0138. The number of amides is 1. The van der Waals surface area contributed by atoms with Crippen molar-refractivity contribution in [3.63, 3.8) is 0 Å². The molecule has 2 aromatic rings. The van der Waals surface area contributed by atoms with Gasteiger partial charge in [0, 0.05) is 36.0 Å². The summed E-state index contributed by atoms with van der Waals surface area (Å²) in [6.45, 7) is 1.45. The molecule has 2 heterocycles. The first-order chi connectivity index (χ1) is 17.7. The fraction of sp³-hybridized carbons (Fsp3) is 0.500. The molecule has 37 heavy (non-hydrogen) atoms. The summed E-state index contributed by atoms with van der Waals surface area (Å²) in [5.74, 6) is -0.255. The summed E-state index contributed by atoms with van der Waals surface area (Å²) in [5.41, 5.74) is -0.00909. The van der Waals surface area contributed by atoms with Crippen molar-refractivity contribution in [1.82, 2.24) is 10.3 Å². The van der Waals surface area contributed by atoms with Crippen molar-refractivity contribution < 1.29 is 32.2 Å². The van der Waals surface area contributed by atoms with E-state index in [1.807, 2.05) is 4.90 Å². The predicted molar refractivity (Wildman–Crippen MR) is 132 cm³/mol. The lowest BCUT2D eigenvalue weighted by atomic mass is 9.94. The molecule has 0 bridgehead atoms. The monoisotopic (exact) mass is 539 g/mol. The fourth-order valence-corrected chi connectivity index (χ4v) is 5.12. The van der Waals surface area contributed by atoms with Gasteiger partial charge in [0.05, 0.1) is 25.6 Å². The number of rotatable bonds is 7. The van der Waals surface area contributed by atoms with Crippen LogP contribution in [0.3, 0.4) is 0 Å². The Morgan fingerprint density at radius 2 is 1.89 bits per heavy atom. The van der Waals surface area contributed by atoms with Crippen LogP contribution in [0.5, 0.6) is 5.75 Å². The van der Waals surface area contributed by atoms with E-state index < -0.39 is 17.8 Å². The molecule has 1 saturated carbocycles. The Kier molecular flexibility index (Phi) is 8.46. The van der Waals surface area contributed by atoms with Gasteiger partial charge in [-0.25, -0.2) is 9.78 Å². The van der Waals surface area contributed by atoms with Crippen molar-refractivity contribution in [2.45, 2.75) is 44.3 Å². The van der Waals surface area contributed by atoms with Crippen LogP contribution in [-0.4, -0.2) is 49.7 Å². The number of nitrogens with one attached hydrogen (secondary N) is 1. The van der Waals surface area contributed by atoms with Gasteiger partial charge in [-0.2, -0.15) is 13.2 Å². The van der Waals surface area contributed by atoms with Gasteiger partial charge >= 0.3 is 12.1 Å². The molecule has 2 aliphatic rings. The lowest BCUT2D eigenvalue weighted by molar-refractivity contribution is -0.141. The molecule has 0 unspecified atom stereocenters. The number of carbonyl (C=O) groups excluding carboxylic acids is 2. The van der Waals surface area contributed by atoms with Gasteiger partial charge in [-0.15, -0.1) is 0 Å². The number of esters is 1. The molecule has 1 aliphatic carbocycles. The first-order valence-corrected chi connectivity index (χ1v) is 12.6. The number of piperidine rings is 1. The average molecular weight is 540 g/mol. The molecule has 1 aromatic carbocycles. The van der Waals surface area contributed by atoms with Crippen LogP contribution < -0.4 is 15.0 Å². The standard InChI is InChI=1S/C26H29ClF3N3O4/c1-36-25(35)20-7-5-18(27)13-22(20)37-15-17-3-2-4-21(17)32-24(34)16-9-11-33(12-10-16)19-6-8-23(31-14-19)26(28,29)30/h5-8,13-14,16-17,21H,2-4,9-12,15H2,1H3,(H,32,34)/t17-,21-/m0/s1. The minimum Gasteiger partial charge on any atom is -0.492 e. The first-order valence-electron chi connectivity index (χ1n) is 12.2. The Bertz CT molecular complexity index is 1110. The van der Waals surface area contributed by atoms with E-state index in [2.05, 4.69) is 10.3 Å². The number of pyridine rings is 1. The van der Waals surface area contributed by atoms with Gasteiger partial charge in [-0.05, 0) is 56.0 Å². The summed E-state index contributed by atoms with van der Waals surface area (Å²) >= 11 is 6.08. The van der Waals surface area contributed by atoms with Crippen LogP contribution in [0.15, 0.2) is 36.5 Å². The average Bonchev–Trinajstić information content (AvgIpc) is 3.33. The van der Waals surface area contributed by atoms with Crippen molar-refractivity contribution in [2.24, 2.45) is 11.8 Å². The molecule has 1 aromatic heterocycles. The lowest BCUT2D eigenvalue weighted by Crippen LogP contribution is -2.45. The smallest absolute Gasteiger partial charge is 0.433 e.